The van der Waals surface area contributed by atoms with Crippen molar-refractivity contribution in [3.63, 3.8) is 0 Å². The fraction of sp³-hybridized carbons (Fsp3) is 0.238. The molecule has 0 bridgehead atoms. The second-order valence-corrected chi connectivity index (χ2v) is 9.38. The molecule has 0 unspecified atom stereocenters. The van der Waals surface area contributed by atoms with Crippen LogP contribution in [0.25, 0.3) is 10.9 Å². The van der Waals surface area contributed by atoms with E-state index in [1.165, 1.54) is 22.5 Å². The number of benzene rings is 2. The molecular weight excluding hydrogens is 437 g/mol. The van der Waals surface area contributed by atoms with E-state index in [4.69, 9.17) is 4.84 Å². The Morgan fingerprint density at radius 1 is 1.19 bits per heavy atom. The van der Waals surface area contributed by atoms with E-state index < -0.39 is 21.8 Å². The van der Waals surface area contributed by atoms with E-state index in [1.807, 2.05) is 0 Å². The monoisotopic (exact) mass is 457 g/mol. The molecule has 2 aliphatic rings. The number of rotatable bonds is 5. The second-order valence-electron chi connectivity index (χ2n) is 7.46. The van der Waals surface area contributed by atoms with Crippen LogP contribution < -0.4 is 5.32 Å². The van der Waals surface area contributed by atoms with Crippen LogP contribution in [0.3, 0.4) is 0 Å². The summed E-state index contributed by atoms with van der Waals surface area (Å²) in [5, 5.41) is 18.2. The summed E-state index contributed by atoms with van der Waals surface area (Å²) in [6.07, 6.45) is 0. The number of H-pyrrole nitrogens is 1. The Kier molecular flexibility index (Phi) is 5.16. The van der Waals surface area contributed by atoms with Crippen LogP contribution in [-0.2, 0) is 14.9 Å². The lowest BCUT2D eigenvalue weighted by Crippen LogP contribution is -2.47. The van der Waals surface area contributed by atoms with Crippen molar-refractivity contribution in [2.24, 2.45) is 10.1 Å². The van der Waals surface area contributed by atoms with Crippen LogP contribution in [0, 0.1) is 5.82 Å². The average Bonchev–Trinajstić information content (AvgIpc) is 3.30. The van der Waals surface area contributed by atoms with Gasteiger partial charge < -0.3 is 20.2 Å². The molecule has 32 heavy (non-hydrogen) atoms. The maximum atomic E-state index is 13.9. The van der Waals surface area contributed by atoms with Crippen LogP contribution in [0.15, 0.2) is 52.6 Å². The first-order valence-corrected chi connectivity index (χ1v) is 11.6. The molecule has 0 radical (unpaired) electrons. The van der Waals surface area contributed by atoms with Gasteiger partial charge in [-0.15, -0.1) is 0 Å². The minimum Gasteiger partial charge on any atom is -0.494 e. The van der Waals surface area contributed by atoms with Gasteiger partial charge in [-0.1, -0.05) is 23.4 Å². The predicted molar refractivity (Wildman–Crippen MR) is 118 cm³/mol. The van der Waals surface area contributed by atoms with Crippen LogP contribution in [0.1, 0.15) is 11.1 Å². The van der Waals surface area contributed by atoms with E-state index in [-0.39, 0.29) is 22.9 Å². The number of nitrogens with zero attached hydrogens (tertiary/aromatic N) is 3. The van der Waals surface area contributed by atoms with Crippen molar-refractivity contribution in [2.75, 3.05) is 32.1 Å². The highest BCUT2D eigenvalue weighted by atomic mass is 32.2. The van der Waals surface area contributed by atoms with Crippen LogP contribution >= 0.6 is 0 Å². The number of fused-ring (bicyclic) bond motifs is 2. The third kappa shape index (κ3) is 3.64. The molecule has 11 heteroatoms. The highest BCUT2D eigenvalue weighted by Gasteiger charge is 2.30. The molecule has 0 saturated carbocycles. The first-order chi connectivity index (χ1) is 15.4. The summed E-state index contributed by atoms with van der Waals surface area (Å²) in [5.74, 6) is -1.29. The zero-order valence-electron chi connectivity index (χ0n) is 16.9. The van der Waals surface area contributed by atoms with E-state index in [9.17, 15) is 17.9 Å². The van der Waals surface area contributed by atoms with Gasteiger partial charge in [-0.3, -0.25) is 0 Å². The highest BCUT2D eigenvalue weighted by molar-refractivity contribution is 7.88. The lowest BCUT2D eigenvalue weighted by Gasteiger charge is -2.25. The van der Waals surface area contributed by atoms with Crippen LogP contribution in [0.2, 0.25) is 0 Å². The molecule has 166 valence electrons. The lowest BCUT2D eigenvalue weighted by molar-refractivity contribution is 0.183. The Bertz CT molecular complexity index is 1360. The number of hydrogen-bond acceptors (Lipinski definition) is 7. The number of aliphatic imine (C=N–C) groups is 1. The van der Waals surface area contributed by atoms with Crippen molar-refractivity contribution in [3.8, 4) is 5.88 Å². The maximum absolute atomic E-state index is 13.9. The number of para-hydroxylation sites is 1. The molecule has 2 aromatic carbocycles. The SMILES string of the molecule is O=S(=O)(CON=C1C(c2c(O)[nH]c3ccc(F)cc23)=Nc2ccccc21)N1CCNCC1. The third-order valence-electron chi connectivity index (χ3n) is 5.42. The second kappa shape index (κ2) is 8.01. The molecular formula is C21H20FN5O4S. The molecule has 0 spiro atoms. The number of halogens is 1. The van der Waals surface area contributed by atoms with Gasteiger partial charge in [0.25, 0.3) is 10.0 Å². The van der Waals surface area contributed by atoms with Gasteiger partial charge in [0.1, 0.15) is 17.2 Å². The number of oxime groups is 1. The van der Waals surface area contributed by atoms with Gasteiger partial charge in [0.15, 0.2) is 5.88 Å². The molecule has 2 aliphatic heterocycles. The van der Waals surface area contributed by atoms with Gasteiger partial charge in [0.05, 0.1) is 11.3 Å². The first kappa shape index (κ1) is 20.6. The number of aromatic nitrogens is 1. The van der Waals surface area contributed by atoms with E-state index in [2.05, 4.69) is 20.4 Å². The zero-order valence-corrected chi connectivity index (χ0v) is 17.7. The summed E-state index contributed by atoms with van der Waals surface area (Å²) in [6.45, 7) is 1.89. The summed E-state index contributed by atoms with van der Waals surface area (Å²) in [5.41, 5.74) is 2.52. The molecule has 3 aromatic rings. The Hall–Kier alpha value is -3.28. The minimum absolute atomic E-state index is 0.196. The average molecular weight is 457 g/mol. The van der Waals surface area contributed by atoms with Crippen molar-refractivity contribution in [1.82, 2.24) is 14.6 Å². The summed E-state index contributed by atoms with van der Waals surface area (Å²) >= 11 is 0. The Balaban J connectivity index is 1.51. The molecule has 1 aromatic heterocycles. The van der Waals surface area contributed by atoms with Gasteiger partial charge in [-0.05, 0) is 24.3 Å². The largest absolute Gasteiger partial charge is 0.494 e. The minimum atomic E-state index is -3.65. The van der Waals surface area contributed by atoms with Gasteiger partial charge in [-0.2, -0.15) is 4.31 Å². The molecule has 0 atom stereocenters. The van der Waals surface area contributed by atoms with E-state index in [1.54, 1.807) is 24.3 Å². The van der Waals surface area contributed by atoms with Crippen LogP contribution in [-0.4, -0.2) is 66.4 Å². The summed E-state index contributed by atoms with van der Waals surface area (Å²) in [7, 11) is -3.65. The van der Waals surface area contributed by atoms with Crippen molar-refractivity contribution in [2.45, 2.75) is 0 Å². The molecule has 1 fully saturated rings. The quantitative estimate of drug-likeness (QED) is 0.507. The van der Waals surface area contributed by atoms with Crippen LogP contribution in [0.4, 0.5) is 10.1 Å². The third-order valence-corrected chi connectivity index (χ3v) is 6.98. The number of sulfonamides is 1. The molecule has 0 amide bonds. The standard InChI is InChI=1S/C21H20FN5O4S/c22-13-5-6-17-15(11-13)18(21(28)25-17)20-19(14-3-1-2-4-16(14)24-20)26-31-12-32(29,30)27-9-7-23-8-10-27/h1-6,11,23,25,28H,7-10,12H2. The first-order valence-electron chi connectivity index (χ1n) is 10.0. The number of nitrogens with one attached hydrogen (secondary N) is 2. The number of hydrogen-bond donors (Lipinski definition) is 3. The van der Waals surface area contributed by atoms with Crippen molar-refractivity contribution >= 4 is 38.0 Å². The highest BCUT2D eigenvalue weighted by Crippen LogP contribution is 2.35. The number of aromatic amines is 1. The normalized spacial score (nSPS) is 18.2. The zero-order chi connectivity index (χ0) is 22.3. The van der Waals surface area contributed by atoms with Crippen molar-refractivity contribution in [1.29, 1.82) is 0 Å². The molecule has 5 rings (SSSR count). The van der Waals surface area contributed by atoms with Gasteiger partial charge in [-0.25, -0.2) is 17.8 Å². The molecule has 3 N–H and O–H groups in total. The Morgan fingerprint density at radius 2 is 1.97 bits per heavy atom. The van der Waals surface area contributed by atoms with E-state index in [0.717, 1.165) is 0 Å². The molecule has 1 saturated heterocycles. The summed E-state index contributed by atoms with van der Waals surface area (Å²) in [4.78, 5) is 12.6. The maximum Gasteiger partial charge on any atom is 0.252 e. The summed E-state index contributed by atoms with van der Waals surface area (Å²) in [6, 6.07) is 11.2. The fourth-order valence-electron chi connectivity index (χ4n) is 3.88. The smallest absolute Gasteiger partial charge is 0.252 e. The molecule has 3 heterocycles. The van der Waals surface area contributed by atoms with E-state index >= 15 is 0 Å². The number of piperazine rings is 1. The van der Waals surface area contributed by atoms with Gasteiger partial charge >= 0.3 is 0 Å². The summed E-state index contributed by atoms with van der Waals surface area (Å²) < 4.78 is 40.4. The van der Waals surface area contributed by atoms with Crippen molar-refractivity contribution in [3.05, 3.63) is 59.4 Å². The van der Waals surface area contributed by atoms with Crippen molar-refractivity contribution < 1.29 is 22.8 Å². The Morgan fingerprint density at radius 3 is 2.78 bits per heavy atom. The lowest BCUT2D eigenvalue weighted by atomic mass is 10.0. The van der Waals surface area contributed by atoms with Gasteiger partial charge in [0.2, 0.25) is 5.94 Å². The predicted octanol–water partition coefficient (Wildman–Crippen LogP) is 2.06. The van der Waals surface area contributed by atoms with Crippen LogP contribution in [0.5, 0.6) is 5.88 Å². The molecule has 0 aliphatic carbocycles. The van der Waals surface area contributed by atoms with Gasteiger partial charge in [0, 0.05) is 42.6 Å². The van der Waals surface area contributed by atoms with E-state index in [0.29, 0.717) is 48.3 Å². The number of aromatic hydroxyl groups is 1. The molecule has 9 nitrogen and oxygen atoms in total. The fourth-order valence-corrected chi connectivity index (χ4v) is 4.96. The topological polar surface area (TPSA) is 119 Å². The Labute approximate surface area is 183 Å².